The molecule has 8 heteroatoms. The molecule has 0 spiro atoms. The molecule has 0 saturated heterocycles. The Hall–Kier alpha value is -5.08. The summed E-state index contributed by atoms with van der Waals surface area (Å²) >= 11 is 0. The Morgan fingerprint density at radius 1 is 0.786 bits per heavy atom. The predicted octanol–water partition coefficient (Wildman–Crippen LogP) is 6.88. The fourth-order valence-electron chi connectivity index (χ4n) is 5.20. The fraction of sp³-hybridized carbons (Fsp3) is 0.0882. The molecular formula is C34H29N3O4S. The highest BCUT2D eigenvalue weighted by Gasteiger charge is 2.41. The van der Waals surface area contributed by atoms with Gasteiger partial charge in [0.2, 0.25) is 0 Å². The van der Waals surface area contributed by atoms with E-state index in [2.05, 4.69) is 4.72 Å². The lowest BCUT2D eigenvalue weighted by Crippen LogP contribution is -2.47. The quantitative estimate of drug-likeness (QED) is 0.271. The molecule has 0 radical (unpaired) electrons. The number of carbonyl (C=O) groups is 1. The van der Waals surface area contributed by atoms with Gasteiger partial charge >= 0.3 is 6.09 Å². The van der Waals surface area contributed by atoms with Crippen molar-refractivity contribution < 1.29 is 17.9 Å². The first-order valence-electron chi connectivity index (χ1n) is 13.6. The molecule has 0 atom stereocenters. The minimum Gasteiger partial charge on any atom is -0.448 e. The van der Waals surface area contributed by atoms with Crippen LogP contribution in [0, 0.1) is 6.92 Å². The van der Waals surface area contributed by atoms with Gasteiger partial charge in [0, 0.05) is 22.9 Å². The zero-order valence-electron chi connectivity index (χ0n) is 23.2. The lowest BCUT2D eigenvalue weighted by atomic mass is 9.89. The van der Waals surface area contributed by atoms with Crippen molar-refractivity contribution in [3.8, 4) is 0 Å². The van der Waals surface area contributed by atoms with Gasteiger partial charge in [0.15, 0.2) is 0 Å². The number of nitrogens with one attached hydrogen (secondary N) is 1. The summed E-state index contributed by atoms with van der Waals surface area (Å²) in [5.74, 6) is 0. The standard InChI is InChI=1S/C34H29N3O4S/c1-3-41-34(38)37-32(27-15-8-5-9-16-27)31(35-42(39,40)28-20-18-24(2)19-21-28)30(26-13-6-4-7-14-26)33-29-17-11-10-12-25(29)22-23-36(33)37/h4-23,35H,3H2,1-2H3. The average molecular weight is 576 g/mol. The maximum Gasteiger partial charge on any atom is 0.434 e. The van der Waals surface area contributed by atoms with Crippen LogP contribution in [-0.2, 0) is 14.8 Å². The molecule has 0 saturated carbocycles. The topological polar surface area (TPSA) is 79.0 Å². The van der Waals surface area contributed by atoms with Gasteiger partial charge in [0.1, 0.15) is 5.70 Å². The van der Waals surface area contributed by atoms with E-state index in [9.17, 15) is 13.2 Å². The van der Waals surface area contributed by atoms with E-state index >= 15 is 0 Å². The SMILES string of the molecule is CCOC(=O)N1C(c2ccccc2)=C(NS(=O)(=O)c2ccc(C)cc2)C(c2ccccc2)=C2c3ccccc3C=CN21. The third-order valence-corrected chi connectivity index (χ3v) is 8.47. The summed E-state index contributed by atoms with van der Waals surface area (Å²) in [5.41, 5.74) is 6.01. The van der Waals surface area contributed by atoms with E-state index in [1.54, 1.807) is 36.2 Å². The van der Waals surface area contributed by atoms with Crippen LogP contribution in [0.25, 0.3) is 23.0 Å². The van der Waals surface area contributed by atoms with Crippen LogP contribution in [0.2, 0.25) is 0 Å². The largest absolute Gasteiger partial charge is 0.448 e. The highest BCUT2D eigenvalue weighted by Crippen LogP contribution is 2.47. The van der Waals surface area contributed by atoms with E-state index in [0.717, 1.165) is 22.3 Å². The third-order valence-electron chi connectivity index (χ3n) is 7.11. The van der Waals surface area contributed by atoms with Crippen LogP contribution >= 0.6 is 0 Å². The van der Waals surface area contributed by atoms with Crippen molar-refractivity contribution in [2.75, 3.05) is 6.61 Å². The molecule has 0 bridgehead atoms. The average Bonchev–Trinajstić information content (AvgIpc) is 3.01. The first-order valence-corrected chi connectivity index (χ1v) is 15.1. The molecule has 4 aromatic rings. The predicted molar refractivity (Wildman–Crippen MR) is 164 cm³/mol. The Morgan fingerprint density at radius 2 is 1.40 bits per heavy atom. The summed E-state index contributed by atoms with van der Waals surface area (Å²) in [6, 6.07) is 33.3. The van der Waals surface area contributed by atoms with Crippen molar-refractivity contribution in [2.24, 2.45) is 0 Å². The van der Waals surface area contributed by atoms with Crippen LogP contribution in [0.4, 0.5) is 4.79 Å². The second-order valence-electron chi connectivity index (χ2n) is 9.86. The lowest BCUT2D eigenvalue weighted by Gasteiger charge is -2.44. The summed E-state index contributed by atoms with van der Waals surface area (Å²) in [5, 5.41) is 3.15. The number of sulfonamides is 1. The van der Waals surface area contributed by atoms with Gasteiger partial charge in [0.05, 0.1) is 22.9 Å². The number of ether oxygens (including phenoxy) is 1. The van der Waals surface area contributed by atoms with Gasteiger partial charge in [-0.25, -0.2) is 18.2 Å². The van der Waals surface area contributed by atoms with Crippen molar-refractivity contribution in [3.63, 3.8) is 0 Å². The lowest BCUT2D eigenvalue weighted by molar-refractivity contribution is 0.0791. The number of hydrazine groups is 1. The van der Waals surface area contributed by atoms with E-state index in [1.807, 2.05) is 104 Å². The number of rotatable bonds is 6. The smallest absolute Gasteiger partial charge is 0.434 e. The molecule has 1 amide bonds. The monoisotopic (exact) mass is 575 g/mol. The van der Waals surface area contributed by atoms with Gasteiger partial charge < -0.3 is 4.74 Å². The van der Waals surface area contributed by atoms with Gasteiger partial charge in [-0.2, -0.15) is 5.01 Å². The van der Waals surface area contributed by atoms with Crippen LogP contribution in [-0.4, -0.2) is 31.1 Å². The summed E-state index contributed by atoms with van der Waals surface area (Å²) < 4.78 is 36.6. The van der Waals surface area contributed by atoms with Crippen molar-refractivity contribution in [2.45, 2.75) is 18.7 Å². The molecule has 210 valence electrons. The van der Waals surface area contributed by atoms with E-state index in [-0.39, 0.29) is 17.2 Å². The molecule has 0 aliphatic carbocycles. The first kappa shape index (κ1) is 27.1. The molecule has 1 N–H and O–H groups in total. The molecule has 2 aliphatic rings. The Balaban J connectivity index is 1.72. The van der Waals surface area contributed by atoms with E-state index < -0.39 is 16.1 Å². The summed E-state index contributed by atoms with van der Waals surface area (Å²) in [6.45, 7) is 3.78. The first-order chi connectivity index (χ1) is 20.4. The Morgan fingerprint density at radius 3 is 2.07 bits per heavy atom. The number of hydrogen-bond donors (Lipinski definition) is 1. The summed E-state index contributed by atoms with van der Waals surface area (Å²) in [6.07, 6.45) is 3.10. The number of benzene rings is 4. The molecule has 0 fully saturated rings. The summed E-state index contributed by atoms with van der Waals surface area (Å²) in [4.78, 5) is 13.9. The van der Waals surface area contributed by atoms with Crippen molar-refractivity contribution in [1.82, 2.24) is 14.7 Å². The second kappa shape index (κ2) is 11.1. The van der Waals surface area contributed by atoms with Crippen LogP contribution in [0.1, 0.15) is 34.7 Å². The molecule has 2 aliphatic heterocycles. The Kier molecular flexibility index (Phi) is 7.14. The highest BCUT2D eigenvalue weighted by atomic mass is 32.2. The van der Waals surface area contributed by atoms with Gasteiger partial charge in [-0.1, -0.05) is 103 Å². The molecule has 0 unspecified atom stereocenters. The number of amides is 1. The van der Waals surface area contributed by atoms with Crippen molar-refractivity contribution >= 4 is 39.2 Å². The van der Waals surface area contributed by atoms with Crippen LogP contribution in [0.3, 0.4) is 0 Å². The van der Waals surface area contributed by atoms with Crippen molar-refractivity contribution in [3.05, 3.63) is 149 Å². The van der Waals surface area contributed by atoms with E-state index in [1.165, 1.54) is 5.01 Å². The molecule has 7 nitrogen and oxygen atoms in total. The zero-order chi connectivity index (χ0) is 29.3. The van der Waals surface area contributed by atoms with Crippen LogP contribution in [0.15, 0.2) is 126 Å². The Bertz CT molecular complexity index is 1850. The summed E-state index contributed by atoms with van der Waals surface area (Å²) in [7, 11) is -4.09. The fourth-order valence-corrected chi connectivity index (χ4v) is 6.28. The maximum absolute atomic E-state index is 14.0. The normalized spacial score (nSPS) is 14.4. The second-order valence-corrected chi connectivity index (χ2v) is 11.5. The third kappa shape index (κ3) is 4.86. The molecule has 4 aromatic carbocycles. The number of carbonyl (C=O) groups excluding carboxylic acids is 1. The molecule has 42 heavy (non-hydrogen) atoms. The van der Waals surface area contributed by atoms with Gasteiger partial charge in [-0.15, -0.1) is 0 Å². The van der Waals surface area contributed by atoms with Gasteiger partial charge in [-0.05, 0) is 43.2 Å². The molecule has 2 heterocycles. The number of allylic oxidation sites excluding steroid dienone is 1. The van der Waals surface area contributed by atoms with Crippen molar-refractivity contribution in [1.29, 1.82) is 0 Å². The Labute approximate surface area is 245 Å². The number of nitrogens with zero attached hydrogens (tertiary/aromatic N) is 2. The van der Waals surface area contributed by atoms with Gasteiger partial charge in [0.25, 0.3) is 10.0 Å². The molecular weight excluding hydrogens is 546 g/mol. The molecule has 0 aromatic heterocycles. The van der Waals surface area contributed by atoms with Crippen LogP contribution in [0.5, 0.6) is 0 Å². The van der Waals surface area contributed by atoms with Crippen LogP contribution < -0.4 is 4.72 Å². The van der Waals surface area contributed by atoms with E-state index in [0.29, 0.717) is 22.5 Å². The maximum atomic E-state index is 14.0. The number of aryl methyl sites for hydroxylation is 1. The highest BCUT2D eigenvalue weighted by molar-refractivity contribution is 7.89. The molecule has 6 rings (SSSR count). The number of fused-ring (bicyclic) bond motifs is 3. The zero-order valence-corrected chi connectivity index (χ0v) is 24.0. The van der Waals surface area contributed by atoms with E-state index in [4.69, 9.17) is 4.74 Å². The minimum atomic E-state index is -4.09. The minimum absolute atomic E-state index is 0.111. The van der Waals surface area contributed by atoms with Gasteiger partial charge in [-0.3, -0.25) is 4.72 Å². The number of hydrogen-bond acceptors (Lipinski definition) is 5.